The summed E-state index contributed by atoms with van der Waals surface area (Å²) in [5.74, 6) is -0.265. The number of carbonyl (C=O) groups excluding carboxylic acids is 1. The summed E-state index contributed by atoms with van der Waals surface area (Å²) in [5.41, 5.74) is 2.46. The van der Waals surface area contributed by atoms with E-state index in [-0.39, 0.29) is 17.7 Å². The lowest BCUT2D eigenvalue weighted by molar-refractivity contribution is -0.142. The summed E-state index contributed by atoms with van der Waals surface area (Å²) in [6, 6.07) is 3.17. The Balaban J connectivity index is 1.79. The average Bonchev–Trinajstić information content (AvgIpc) is 3.42. The zero-order valence-corrected chi connectivity index (χ0v) is 16.5. The molecular weight excluding hydrogens is 387 g/mol. The van der Waals surface area contributed by atoms with Crippen LogP contribution >= 0.6 is 15.9 Å². The van der Waals surface area contributed by atoms with Gasteiger partial charge in [-0.1, -0.05) is 22.0 Å². The first kappa shape index (κ1) is 18.8. The van der Waals surface area contributed by atoms with Crippen molar-refractivity contribution < 1.29 is 18.7 Å². The lowest BCUT2D eigenvalue weighted by Gasteiger charge is -2.31. The molecule has 25 heavy (non-hydrogen) atoms. The first-order chi connectivity index (χ1) is 12.0. The third-order valence-corrected chi connectivity index (χ3v) is 6.11. The van der Waals surface area contributed by atoms with Crippen LogP contribution in [0, 0.1) is 12.7 Å². The minimum absolute atomic E-state index is 0.210. The quantitative estimate of drug-likeness (QED) is 0.467. The van der Waals surface area contributed by atoms with Crippen LogP contribution in [-0.2, 0) is 14.3 Å². The number of halogens is 2. The molecule has 0 aliphatic heterocycles. The maximum atomic E-state index is 14.2. The fourth-order valence-electron chi connectivity index (χ4n) is 3.79. The molecule has 0 amide bonds. The third kappa shape index (κ3) is 4.43. The second-order valence-electron chi connectivity index (χ2n) is 7.10. The van der Waals surface area contributed by atoms with Crippen LogP contribution in [0.15, 0.2) is 12.1 Å². The Morgan fingerprint density at radius 2 is 1.80 bits per heavy atom. The number of carbonyl (C=O) groups is 1. The van der Waals surface area contributed by atoms with Gasteiger partial charge in [-0.05, 0) is 81.0 Å². The fourth-order valence-corrected chi connectivity index (χ4v) is 4.32. The Bertz CT molecular complexity index is 622. The van der Waals surface area contributed by atoms with Crippen molar-refractivity contribution in [1.29, 1.82) is 0 Å². The molecule has 0 saturated heterocycles. The van der Waals surface area contributed by atoms with Gasteiger partial charge in [-0.15, -0.1) is 0 Å². The van der Waals surface area contributed by atoms with Crippen molar-refractivity contribution in [2.45, 2.75) is 75.3 Å². The van der Waals surface area contributed by atoms with Crippen molar-refractivity contribution in [3.63, 3.8) is 0 Å². The van der Waals surface area contributed by atoms with Gasteiger partial charge in [-0.25, -0.2) is 4.39 Å². The van der Waals surface area contributed by atoms with Gasteiger partial charge < -0.3 is 9.47 Å². The van der Waals surface area contributed by atoms with Crippen LogP contribution in [0.1, 0.15) is 72.9 Å². The zero-order valence-electron chi connectivity index (χ0n) is 14.9. The van der Waals surface area contributed by atoms with E-state index in [1.54, 1.807) is 13.0 Å². The van der Waals surface area contributed by atoms with E-state index in [9.17, 15) is 9.18 Å². The standard InChI is InChI=1S/C20H26BrFO3/c1-3-24-20(23)19(21)16-10-11-17(22)12(2)18(16)13-4-6-14(7-5-13)25-15-8-9-15/h10-11,13-15,19H,3-9H2,1-2H3. The maximum Gasteiger partial charge on any atom is 0.324 e. The van der Waals surface area contributed by atoms with Crippen LogP contribution in [0.4, 0.5) is 4.39 Å². The number of benzene rings is 1. The van der Waals surface area contributed by atoms with E-state index in [1.807, 2.05) is 6.92 Å². The van der Waals surface area contributed by atoms with E-state index in [4.69, 9.17) is 9.47 Å². The molecule has 2 aliphatic carbocycles. The summed E-state index contributed by atoms with van der Waals surface area (Å²) >= 11 is 3.46. The molecule has 2 fully saturated rings. The van der Waals surface area contributed by atoms with Gasteiger partial charge >= 0.3 is 5.97 Å². The Kier molecular flexibility index (Phi) is 6.16. The van der Waals surface area contributed by atoms with Gasteiger partial charge in [0.15, 0.2) is 0 Å². The molecule has 0 spiro atoms. The van der Waals surface area contributed by atoms with Crippen LogP contribution in [0.25, 0.3) is 0 Å². The van der Waals surface area contributed by atoms with Crippen LogP contribution in [0.5, 0.6) is 0 Å². The molecule has 5 heteroatoms. The largest absolute Gasteiger partial charge is 0.465 e. The van der Waals surface area contributed by atoms with E-state index in [1.165, 1.54) is 18.9 Å². The normalized spacial score (nSPS) is 24.8. The van der Waals surface area contributed by atoms with Crippen molar-refractivity contribution in [1.82, 2.24) is 0 Å². The van der Waals surface area contributed by atoms with E-state index in [0.717, 1.165) is 36.8 Å². The first-order valence-electron chi connectivity index (χ1n) is 9.26. The number of rotatable bonds is 6. The van der Waals surface area contributed by atoms with Gasteiger partial charge in [0.05, 0.1) is 18.8 Å². The van der Waals surface area contributed by atoms with Gasteiger partial charge in [0.1, 0.15) is 10.6 Å². The van der Waals surface area contributed by atoms with E-state index in [0.29, 0.717) is 24.4 Å². The van der Waals surface area contributed by atoms with Crippen molar-refractivity contribution in [2.75, 3.05) is 6.61 Å². The van der Waals surface area contributed by atoms with Gasteiger partial charge in [0, 0.05) is 0 Å². The number of alkyl halides is 1. The van der Waals surface area contributed by atoms with Crippen LogP contribution < -0.4 is 0 Å². The molecule has 138 valence electrons. The number of esters is 1. The number of hydrogen-bond donors (Lipinski definition) is 0. The van der Waals surface area contributed by atoms with Crippen LogP contribution in [0.2, 0.25) is 0 Å². The summed E-state index contributed by atoms with van der Waals surface area (Å²) < 4.78 is 25.4. The molecule has 0 N–H and O–H groups in total. The SMILES string of the molecule is CCOC(=O)C(Br)c1ccc(F)c(C)c1C1CCC(OC2CC2)CC1. The van der Waals surface area contributed by atoms with Crippen LogP contribution in [0.3, 0.4) is 0 Å². The van der Waals surface area contributed by atoms with Crippen molar-refractivity contribution >= 4 is 21.9 Å². The van der Waals surface area contributed by atoms with E-state index < -0.39 is 4.83 Å². The van der Waals surface area contributed by atoms with E-state index >= 15 is 0 Å². The molecule has 1 unspecified atom stereocenters. The molecule has 0 heterocycles. The molecule has 1 aromatic rings. The predicted molar refractivity (Wildman–Crippen MR) is 98.5 cm³/mol. The Labute approximate surface area is 157 Å². The number of hydrogen-bond acceptors (Lipinski definition) is 3. The van der Waals surface area contributed by atoms with Gasteiger partial charge in [0.25, 0.3) is 0 Å². The molecule has 3 rings (SSSR count). The molecule has 0 bridgehead atoms. The van der Waals surface area contributed by atoms with Gasteiger partial charge in [0.2, 0.25) is 0 Å². The molecular formula is C20H26BrFO3. The highest BCUT2D eigenvalue weighted by Gasteiger charge is 2.33. The maximum absolute atomic E-state index is 14.2. The second kappa shape index (κ2) is 8.17. The molecule has 1 aromatic carbocycles. The first-order valence-corrected chi connectivity index (χ1v) is 10.2. The van der Waals surface area contributed by atoms with E-state index in [2.05, 4.69) is 15.9 Å². The monoisotopic (exact) mass is 412 g/mol. The number of ether oxygens (including phenoxy) is 2. The fraction of sp³-hybridized carbons (Fsp3) is 0.650. The lowest BCUT2D eigenvalue weighted by Crippen LogP contribution is -2.23. The smallest absolute Gasteiger partial charge is 0.324 e. The molecule has 0 aromatic heterocycles. The topological polar surface area (TPSA) is 35.5 Å². The van der Waals surface area contributed by atoms with Crippen molar-refractivity contribution in [3.05, 3.63) is 34.6 Å². The summed E-state index contributed by atoms with van der Waals surface area (Å²) in [7, 11) is 0. The third-order valence-electron chi connectivity index (χ3n) is 5.24. The van der Waals surface area contributed by atoms with Gasteiger partial charge in [-0.2, -0.15) is 0 Å². The highest BCUT2D eigenvalue weighted by atomic mass is 79.9. The summed E-state index contributed by atoms with van der Waals surface area (Å²) in [5, 5.41) is 0. The second-order valence-corrected chi connectivity index (χ2v) is 8.01. The van der Waals surface area contributed by atoms with Gasteiger partial charge in [-0.3, -0.25) is 4.79 Å². The Morgan fingerprint density at radius 3 is 2.36 bits per heavy atom. The predicted octanol–water partition coefficient (Wildman–Crippen LogP) is 5.34. The van der Waals surface area contributed by atoms with Crippen molar-refractivity contribution in [3.8, 4) is 0 Å². The average molecular weight is 413 g/mol. The van der Waals surface area contributed by atoms with Crippen LogP contribution in [-0.4, -0.2) is 24.8 Å². The molecule has 2 saturated carbocycles. The minimum Gasteiger partial charge on any atom is -0.465 e. The summed E-state index contributed by atoms with van der Waals surface area (Å²) in [4.78, 5) is 11.6. The zero-order chi connectivity index (χ0) is 18.0. The molecule has 0 radical (unpaired) electrons. The molecule has 3 nitrogen and oxygen atoms in total. The summed E-state index contributed by atoms with van der Waals surface area (Å²) in [6.45, 7) is 3.93. The Morgan fingerprint density at radius 1 is 1.20 bits per heavy atom. The van der Waals surface area contributed by atoms with Crippen molar-refractivity contribution in [2.24, 2.45) is 0 Å². The molecule has 2 aliphatic rings. The minimum atomic E-state index is -0.554. The highest BCUT2D eigenvalue weighted by Crippen LogP contribution is 2.42. The Hall–Kier alpha value is -0.940. The molecule has 1 atom stereocenters. The summed E-state index contributed by atoms with van der Waals surface area (Å²) in [6.07, 6.45) is 7.14. The lowest BCUT2D eigenvalue weighted by atomic mass is 9.78. The highest BCUT2D eigenvalue weighted by molar-refractivity contribution is 9.09.